The number of hydrogen-bond donors (Lipinski definition) is 1. The Morgan fingerprint density at radius 2 is 2.06 bits per heavy atom. The Morgan fingerprint density at radius 1 is 1.47 bits per heavy atom. The highest BCUT2D eigenvalue weighted by molar-refractivity contribution is 7.90. The third-order valence-corrected chi connectivity index (χ3v) is 3.88. The summed E-state index contributed by atoms with van der Waals surface area (Å²) in [5.41, 5.74) is -0.576. The second-order valence-corrected chi connectivity index (χ2v) is 6.61. The summed E-state index contributed by atoms with van der Waals surface area (Å²) in [7, 11) is -1.62. The van der Waals surface area contributed by atoms with Crippen LogP contribution in [-0.4, -0.2) is 44.0 Å². The first kappa shape index (κ1) is 13.9. The molecule has 0 saturated heterocycles. The molecule has 0 fully saturated rings. The molecule has 0 aliphatic heterocycles. The Hall–Kier alpha value is -1.14. The average Bonchev–Trinajstić information content (AvgIpc) is 2.27. The van der Waals surface area contributed by atoms with Crippen LogP contribution in [-0.2, 0) is 9.84 Å². The number of likely N-dealkylation sites (N-methyl/N-ethyl adjacent to an activating group) is 1. The van der Waals surface area contributed by atoms with Gasteiger partial charge in [0.2, 0.25) is 0 Å². The molecule has 0 saturated carbocycles. The number of hydrogen-bond acceptors (Lipinski definition) is 5. The smallest absolute Gasteiger partial charge is 0.179 e. The molecule has 0 atom stereocenters. The van der Waals surface area contributed by atoms with Crippen molar-refractivity contribution < 1.29 is 13.5 Å². The van der Waals surface area contributed by atoms with Gasteiger partial charge < -0.3 is 10.0 Å². The maximum Gasteiger partial charge on any atom is 0.179 e. The van der Waals surface area contributed by atoms with Gasteiger partial charge in [0, 0.05) is 19.5 Å². The zero-order valence-corrected chi connectivity index (χ0v) is 11.3. The number of pyridine rings is 1. The van der Waals surface area contributed by atoms with Gasteiger partial charge in [0.25, 0.3) is 0 Å². The Bertz CT molecular complexity index is 497. The van der Waals surface area contributed by atoms with Crippen LogP contribution in [0.4, 0.5) is 5.82 Å². The van der Waals surface area contributed by atoms with Crippen molar-refractivity contribution in [3.05, 3.63) is 18.3 Å². The number of aliphatic hydroxyl groups is 1. The molecule has 1 aromatic heterocycles. The Morgan fingerprint density at radius 3 is 2.53 bits per heavy atom. The van der Waals surface area contributed by atoms with Crippen LogP contribution in [0.3, 0.4) is 0 Å². The maximum absolute atomic E-state index is 11.6. The molecule has 0 aliphatic carbocycles. The largest absolute Gasteiger partial charge is 0.394 e. The second kappa shape index (κ2) is 4.62. The summed E-state index contributed by atoms with van der Waals surface area (Å²) >= 11 is 0. The van der Waals surface area contributed by atoms with Crippen molar-refractivity contribution in [2.45, 2.75) is 24.3 Å². The Labute approximate surface area is 102 Å². The van der Waals surface area contributed by atoms with Crippen LogP contribution in [0.1, 0.15) is 13.8 Å². The van der Waals surface area contributed by atoms with Gasteiger partial charge in [-0.25, -0.2) is 13.4 Å². The molecule has 96 valence electrons. The van der Waals surface area contributed by atoms with Crippen LogP contribution >= 0.6 is 0 Å². The van der Waals surface area contributed by atoms with Gasteiger partial charge in [0.15, 0.2) is 9.84 Å². The van der Waals surface area contributed by atoms with Crippen LogP contribution < -0.4 is 4.90 Å². The molecule has 0 amide bonds. The lowest BCUT2D eigenvalue weighted by Crippen LogP contribution is -2.45. The zero-order chi connectivity index (χ0) is 13.3. The minimum atomic E-state index is -3.33. The van der Waals surface area contributed by atoms with E-state index in [0.29, 0.717) is 5.82 Å². The van der Waals surface area contributed by atoms with E-state index in [1.165, 1.54) is 12.3 Å². The summed E-state index contributed by atoms with van der Waals surface area (Å²) in [5.74, 6) is 0.356. The molecule has 1 rings (SSSR count). The zero-order valence-electron chi connectivity index (χ0n) is 10.5. The van der Waals surface area contributed by atoms with Crippen molar-refractivity contribution in [1.82, 2.24) is 4.98 Å². The molecular weight excluding hydrogens is 240 g/mol. The summed E-state index contributed by atoms with van der Waals surface area (Å²) in [4.78, 5) is 5.94. The molecule has 0 unspecified atom stereocenters. The number of nitrogens with zero attached hydrogens (tertiary/aromatic N) is 2. The molecule has 6 heteroatoms. The maximum atomic E-state index is 11.6. The van der Waals surface area contributed by atoms with Gasteiger partial charge in [0.1, 0.15) is 10.7 Å². The van der Waals surface area contributed by atoms with E-state index in [0.717, 1.165) is 6.26 Å². The van der Waals surface area contributed by atoms with Crippen molar-refractivity contribution in [2.24, 2.45) is 0 Å². The molecule has 0 spiro atoms. The SMILES string of the molecule is CN(c1ncccc1S(C)(=O)=O)C(C)(C)CO. The highest BCUT2D eigenvalue weighted by atomic mass is 32.2. The molecule has 0 aromatic carbocycles. The summed E-state index contributed by atoms with van der Waals surface area (Å²) in [5, 5.41) is 9.30. The average molecular weight is 258 g/mol. The molecule has 1 aromatic rings. The topological polar surface area (TPSA) is 70.5 Å². The molecule has 1 heterocycles. The van der Waals surface area contributed by atoms with Gasteiger partial charge >= 0.3 is 0 Å². The minimum absolute atomic E-state index is 0.0940. The standard InChI is InChI=1S/C11H18N2O3S/c1-11(2,8-14)13(3)10-9(17(4,15)16)6-5-7-12-10/h5-7,14H,8H2,1-4H3. The molecular formula is C11H18N2O3S. The highest BCUT2D eigenvalue weighted by Crippen LogP contribution is 2.26. The van der Waals surface area contributed by atoms with Crippen LogP contribution in [0, 0.1) is 0 Å². The van der Waals surface area contributed by atoms with E-state index in [2.05, 4.69) is 4.98 Å². The van der Waals surface area contributed by atoms with Crippen molar-refractivity contribution in [3.8, 4) is 0 Å². The van der Waals surface area contributed by atoms with Crippen molar-refractivity contribution in [1.29, 1.82) is 0 Å². The predicted octanol–water partition coefficient (Wildman–Crippen LogP) is 0.692. The summed E-state index contributed by atoms with van der Waals surface area (Å²) in [6.45, 7) is 3.53. The highest BCUT2D eigenvalue weighted by Gasteiger charge is 2.27. The van der Waals surface area contributed by atoms with E-state index < -0.39 is 15.4 Å². The third-order valence-electron chi connectivity index (χ3n) is 2.76. The van der Waals surface area contributed by atoms with Crippen molar-refractivity contribution in [2.75, 3.05) is 24.8 Å². The fourth-order valence-corrected chi connectivity index (χ4v) is 2.16. The first-order chi connectivity index (χ1) is 7.70. The number of anilines is 1. The molecule has 0 bridgehead atoms. The van der Waals surface area contributed by atoms with Gasteiger partial charge in [-0.1, -0.05) is 0 Å². The lowest BCUT2D eigenvalue weighted by molar-refractivity contribution is 0.215. The van der Waals surface area contributed by atoms with Crippen LogP contribution in [0.5, 0.6) is 0 Å². The van der Waals surface area contributed by atoms with Gasteiger partial charge in [-0.15, -0.1) is 0 Å². The van der Waals surface area contributed by atoms with E-state index >= 15 is 0 Å². The summed E-state index contributed by atoms with van der Waals surface area (Å²) in [6.07, 6.45) is 2.68. The number of rotatable bonds is 4. The van der Waals surface area contributed by atoms with Gasteiger partial charge in [0.05, 0.1) is 12.1 Å². The van der Waals surface area contributed by atoms with E-state index in [1.807, 2.05) is 13.8 Å². The number of aromatic nitrogens is 1. The van der Waals surface area contributed by atoms with Gasteiger partial charge in [-0.3, -0.25) is 0 Å². The monoisotopic (exact) mass is 258 g/mol. The molecule has 0 aliphatic rings. The lowest BCUT2D eigenvalue weighted by Gasteiger charge is -2.35. The van der Waals surface area contributed by atoms with Crippen LogP contribution in [0.15, 0.2) is 23.2 Å². The van der Waals surface area contributed by atoms with Crippen LogP contribution in [0.25, 0.3) is 0 Å². The second-order valence-electron chi connectivity index (χ2n) is 4.63. The fourth-order valence-electron chi connectivity index (χ4n) is 1.32. The quantitative estimate of drug-likeness (QED) is 0.860. The van der Waals surface area contributed by atoms with E-state index in [9.17, 15) is 13.5 Å². The van der Waals surface area contributed by atoms with Gasteiger partial charge in [-0.2, -0.15) is 0 Å². The molecule has 1 N–H and O–H groups in total. The number of sulfone groups is 1. The van der Waals surface area contributed by atoms with Gasteiger partial charge in [-0.05, 0) is 26.0 Å². The van der Waals surface area contributed by atoms with Crippen molar-refractivity contribution in [3.63, 3.8) is 0 Å². The first-order valence-electron chi connectivity index (χ1n) is 5.20. The summed E-state index contributed by atoms with van der Waals surface area (Å²) < 4.78 is 23.3. The number of aliphatic hydroxyl groups excluding tert-OH is 1. The first-order valence-corrected chi connectivity index (χ1v) is 7.09. The summed E-state index contributed by atoms with van der Waals surface area (Å²) in [6, 6.07) is 3.10. The van der Waals surface area contributed by atoms with E-state index in [1.54, 1.807) is 18.0 Å². The van der Waals surface area contributed by atoms with Crippen molar-refractivity contribution >= 4 is 15.7 Å². The normalized spacial score (nSPS) is 12.5. The Balaban J connectivity index is 3.33. The fraction of sp³-hybridized carbons (Fsp3) is 0.545. The molecule has 17 heavy (non-hydrogen) atoms. The third kappa shape index (κ3) is 2.95. The Kier molecular flexibility index (Phi) is 3.78. The predicted molar refractivity (Wildman–Crippen MR) is 66.9 cm³/mol. The minimum Gasteiger partial charge on any atom is -0.394 e. The van der Waals surface area contributed by atoms with E-state index in [-0.39, 0.29) is 11.5 Å². The molecule has 5 nitrogen and oxygen atoms in total. The molecule has 0 radical (unpaired) electrons. The van der Waals surface area contributed by atoms with E-state index in [4.69, 9.17) is 0 Å². The lowest BCUT2D eigenvalue weighted by atomic mass is 10.1. The van der Waals surface area contributed by atoms with Crippen LogP contribution in [0.2, 0.25) is 0 Å².